The maximum absolute atomic E-state index is 12.9. The monoisotopic (exact) mass is 350 g/mol. The molecule has 0 amide bonds. The number of H-pyrrole nitrogens is 1. The van der Waals surface area contributed by atoms with E-state index in [9.17, 15) is 4.79 Å². The summed E-state index contributed by atoms with van der Waals surface area (Å²) >= 11 is 0. The third kappa shape index (κ3) is 3.96. The molecule has 0 aliphatic heterocycles. The largest absolute Gasteiger partial charge is 0.361 e. The first kappa shape index (κ1) is 16.8. The summed E-state index contributed by atoms with van der Waals surface area (Å²) in [6, 6.07) is 21.6. The van der Waals surface area contributed by atoms with Crippen molar-refractivity contribution in [2.75, 3.05) is 0 Å². The van der Waals surface area contributed by atoms with Crippen LogP contribution in [0.3, 0.4) is 0 Å². The van der Waals surface area contributed by atoms with E-state index < -0.39 is 0 Å². The zero-order chi connectivity index (χ0) is 18.5. The molecule has 0 aliphatic rings. The molecule has 4 rings (SSSR count). The van der Waals surface area contributed by atoms with E-state index in [2.05, 4.69) is 33.9 Å². The van der Waals surface area contributed by atoms with Gasteiger partial charge in [0.25, 0.3) is 0 Å². The lowest BCUT2D eigenvalue weighted by atomic mass is 10.1. The third-order valence-corrected chi connectivity index (χ3v) is 4.42. The summed E-state index contributed by atoms with van der Waals surface area (Å²) in [6.45, 7) is 0. The van der Waals surface area contributed by atoms with Gasteiger partial charge in [0.05, 0.1) is 0 Å². The smallest absolute Gasteiger partial charge is 0.192 e. The fourth-order valence-electron chi connectivity index (χ4n) is 3.01. The third-order valence-electron chi connectivity index (χ3n) is 4.42. The Kier molecular flexibility index (Phi) is 4.80. The van der Waals surface area contributed by atoms with Crippen molar-refractivity contribution in [3.05, 3.63) is 112 Å². The standard InChI is InChI=1S/C24H18N2O/c27-24-20(16-21-11-4-5-14-25-21)17-26-23-13-12-19(15-22(23)24)10-6-9-18-7-2-1-3-8-18/h1-5,7-8,11-15,17H,9,16H2,(H,26,27). The predicted octanol–water partition coefficient (Wildman–Crippen LogP) is 4.11. The van der Waals surface area contributed by atoms with Crippen LogP contribution in [0.15, 0.2) is 83.9 Å². The Hall–Kier alpha value is -3.64. The summed E-state index contributed by atoms with van der Waals surface area (Å²) in [7, 11) is 0. The Morgan fingerprint density at radius 1 is 0.963 bits per heavy atom. The van der Waals surface area contributed by atoms with Gasteiger partial charge in [0.15, 0.2) is 5.43 Å². The Balaban J connectivity index is 1.63. The summed E-state index contributed by atoms with van der Waals surface area (Å²) in [5, 5.41) is 0.662. The van der Waals surface area contributed by atoms with Crippen LogP contribution in [0, 0.1) is 11.8 Å². The average Bonchev–Trinajstić information content (AvgIpc) is 2.72. The van der Waals surface area contributed by atoms with Gasteiger partial charge in [0, 0.05) is 53.0 Å². The van der Waals surface area contributed by atoms with Gasteiger partial charge in [-0.15, -0.1) is 0 Å². The second kappa shape index (κ2) is 7.72. The Labute approximate surface area is 157 Å². The van der Waals surface area contributed by atoms with Gasteiger partial charge in [-0.05, 0) is 35.9 Å². The number of pyridine rings is 2. The quantitative estimate of drug-likeness (QED) is 0.565. The molecule has 0 atom stereocenters. The highest BCUT2D eigenvalue weighted by Gasteiger charge is 2.07. The van der Waals surface area contributed by atoms with Gasteiger partial charge in [-0.2, -0.15) is 0 Å². The molecule has 2 heterocycles. The van der Waals surface area contributed by atoms with Crippen LogP contribution >= 0.6 is 0 Å². The highest BCUT2D eigenvalue weighted by molar-refractivity contribution is 5.80. The summed E-state index contributed by atoms with van der Waals surface area (Å²) < 4.78 is 0. The molecule has 4 aromatic rings. The molecule has 0 saturated heterocycles. The highest BCUT2D eigenvalue weighted by atomic mass is 16.1. The molecule has 3 nitrogen and oxygen atoms in total. The number of aromatic nitrogens is 2. The van der Waals surface area contributed by atoms with E-state index in [1.54, 1.807) is 12.4 Å². The minimum absolute atomic E-state index is 0.0288. The molecule has 1 N–H and O–H groups in total. The number of nitrogens with one attached hydrogen (secondary N) is 1. The summed E-state index contributed by atoms with van der Waals surface area (Å²) in [4.78, 5) is 20.4. The van der Waals surface area contributed by atoms with Gasteiger partial charge in [-0.1, -0.05) is 48.2 Å². The fourth-order valence-corrected chi connectivity index (χ4v) is 3.01. The minimum atomic E-state index is 0.0288. The number of hydrogen-bond acceptors (Lipinski definition) is 2. The SMILES string of the molecule is O=c1c(Cc2ccccn2)c[nH]c2ccc(C#CCc3ccccc3)cc12. The van der Waals surface area contributed by atoms with Crippen molar-refractivity contribution in [3.8, 4) is 11.8 Å². The lowest BCUT2D eigenvalue weighted by Gasteiger charge is -2.04. The van der Waals surface area contributed by atoms with Crippen molar-refractivity contribution in [1.29, 1.82) is 0 Å². The van der Waals surface area contributed by atoms with E-state index in [0.717, 1.165) is 16.8 Å². The maximum atomic E-state index is 12.9. The van der Waals surface area contributed by atoms with Gasteiger partial charge < -0.3 is 4.98 Å². The van der Waals surface area contributed by atoms with Crippen LogP contribution in [-0.2, 0) is 12.8 Å². The lowest BCUT2D eigenvalue weighted by Crippen LogP contribution is -2.11. The minimum Gasteiger partial charge on any atom is -0.361 e. The second-order valence-electron chi connectivity index (χ2n) is 6.37. The van der Waals surface area contributed by atoms with Crippen LogP contribution in [-0.4, -0.2) is 9.97 Å². The zero-order valence-corrected chi connectivity index (χ0v) is 14.8. The summed E-state index contributed by atoms with van der Waals surface area (Å²) in [6.07, 6.45) is 4.72. The molecule has 130 valence electrons. The van der Waals surface area contributed by atoms with Crippen molar-refractivity contribution in [3.63, 3.8) is 0 Å². The number of fused-ring (bicyclic) bond motifs is 1. The van der Waals surface area contributed by atoms with Crippen LogP contribution < -0.4 is 5.43 Å². The molecule has 0 spiro atoms. The van der Waals surface area contributed by atoms with Gasteiger partial charge in [0.1, 0.15) is 0 Å². The number of hydrogen-bond donors (Lipinski definition) is 1. The van der Waals surface area contributed by atoms with Crippen LogP contribution in [0.5, 0.6) is 0 Å². The Morgan fingerprint density at radius 2 is 1.81 bits per heavy atom. The molecule has 2 aromatic carbocycles. The van der Waals surface area contributed by atoms with Crippen LogP contribution in [0.4, 0.5) is 0 Å². The van der Waals surface area contributed by atoms with Gasteiger partial charge in [0.2, 0.25) is 0 Å². The molecule has 0 fully saturated rings. The van der Waals surface area contributed by atoms with Gasteiger partial charge in [-0.3, -0.25) is 9.78 Å². The lowest BCUT2D eigenvalue weighted by molar-refractivity contribution is 1.05. The molecule has 0 aliphatic carbocycles. The van der Waals surface area contributed by atoms with E-state index in [1.165, 1.54) is 5.56 Å². The van der Waals surface area contributed by atoms with Gasteiger partial charge >= 0.3 is 0 Å². The molecule has 27 heavy (non-hydrogen) atoms. The topological polar surface area (TPSA) is 45.8 Å². The molecule has 0 unspecified atom stereocenters. The number of aromatic amines is 1. The maximum Gasteiger partial charge on any atom is 0.192 e. The van der Waals surface area contributed by atoms with Crippen molar-refractivity contribution in [2.24, 2.45) is 0 Å². The van der Waals surface area contributed by atoms with Crippen molar-refractivity contribution in [1.82, 2.24) is 9.97 Å². The predicted molar refractivity (Wildman–Crippen MR) is 109 cm³/mol. The van der Waals surface area contributed by atoms with Crippen molar-refractivity contribution >= 4 is 10.9 Å². The second-order valence-corrected chi connectivity index (χ2v) is 6.37. The van der Waals surface area contributed by atoms with E-state index in [1.807, 2.05) is 54.6 Å². The zero-order valence-electron chi connectivity index (χ0n) is 14.8. The van der Waals surface area contributed by atoms with Crippen molar-refractivity contribution in [2.45, 2.75) is 12.8 Å². The molecular weight excluding hydrogens is 332 g/mol. The Morgan fingerprint density at radius 3 is 2.63 bits per heavy atom. The first-order valence-corrected chi connectivity index (χ1v) is 8.86. The molecule has 2 aromatic heterocycles. The van der Waals surface area contributed by atoms with Crippen LogP contribution in [0.2, 0.25) is 0 Å². The van der Waals surface area contributed by atoms with E-state index in [-0.39, 0.29) is 5.43 Å². The summed E-state index contributed by atoms with van der Waals surface area (Å²) in [5.74, 6) is 6.35. The van der Waals surface area contributed by atoms with Gasteiger partial charge in [-0.25, -0.2) is 0 Å². The summed E-state index contributed by atoms with van der Waals surface area (Å²) in [5.41, 5.74) is 4.46. The molecule has 0 bridgehead atoms. The number of rotatable bonds is 3. The fraction of sp³-hybridized carbons (Fsp3) is 0.0833. The van der Waals surface area contributed by atoms with Crippen LogP contribution in [0.25, 0.3) is 10.9 Å². The van der Waals surface area contributed by atoms with Crippen molar-refractivity contribution < 1.29 is 0 Å². The molecule has 0 radical (unpaired) electrons. The van der Waals surface area contributed by atoms with E-state index in [4.69, 9.17) is 0 Å². The number of benzene rings is 2. The average molecular weight is 350 g/mol. The molecule has 0 saturated carbocycles. The van der Waals surface area contributed by atoms with E-state index >= 15 is 0 Å². The normalized spacial score (nSPS) is 10.4. The Bertz CT molecular complexity index is 1180. The van der Waals surface area contributed by atoms with E-state index in [0.29, 0.717) is 23.8 Å². The first-order chi connectivity index (χ1) is 13.3. The molecule has 3 heteroatoms. The first-order valence-electron chi connectivity index (χ1n) is 8.86. The van der Waals surface area contributed by atoms with Crippen LogP contribution in [0.1, 0.15) is 22.4 Å². The highest BCUT2D eigenvalue weighted by Crippen LogP contribution is 2.12. The molecular formula is C24H18N2O. The number of nitrogens with zero attached hydrogens (tertiary/aromatic N) is 1.